The van der Waals surface area contributed by atoms with Crippen LogP contribution in [-0.2, 0) is 37.8 Å². The standard InChI is InChI=1S/C41H46ClN3O7/c1-2-50-38(47)25-44-40(48)43-24-32-5-3-4-6-36(32)29-11-13-31(14-12-29)39-51-35(23-37(52-39)30-9-7-28(27-46)8-10-30)26-45-21-19-41(49,20-22-45)33-15-17-34(42)18-16-33/h3-18,35,37,39,46,49H,2,19-27H2,1H3,(H2,43,44,48). The molecule has 6 rings (SSSR count). The van der Waals surface area contributed by atoms with E-state index < -0.39 is 23.9 Å². The van der Waals surface area contributed by atoms with Gasteiger partial charge in [0.1, 0.15) is 6.54 Å². The van der Waals surface area contributed by atoms with E-state index in [9.17, 15) is 19.8 Å². The summed E-state index contributed by atoms with van der Waals surface area (Å²) in [4.78, 5) is 26.3. The van der Waals surface area contributed by atoms with Crippen LogP contribution in [0, 0.1) is 0 Å². The Morgan fingerprint density at radius 1 is 0.904 bits per heavy atom. The van der Waals surface area contributed by atoms with Crippen LogP contribution in [0.15, 0.2) is 97.1 Å². The normalized spacial score (nSPS) is 20.2. The third-order valence-electron chi connectivity index (χ3n) is 9.79. The molecule has 2 aliphatic heterocycles. The summed E-state index contributed by atoms with van der Waals surface area (Å²) in [5.41, 5.74) is 5.61. The third-order valence-corrected chi connectivity index (χ3v) is 10.0. The molecule has 52 heavy (non-hydrogen) atoms. The smallest absolute Gasteiger partial charge is 0.325 e. The quantitative estimate of drug-likeness (QED) is 0.124. The van der Waals surface area contributed by atoms with Gasteiger partial charge in [-0.1, -0.05) is 96.5 Å². The van der Waals surface area contributed by atoms with Crippen LogP contribution in [0.2, 0.25) is 5.02 Å². The number of likely N-dealkylation sites (tertiary alicyclic amines) is 1. The van der Waals surface area contributed by atoms with E-state index >= 15 is 0 Å². The number of benzene rings is 4. The molecule has 3 unspecified atom stereocenters. The van der Waals surface area contributed by atoms with Crippen LogP contribution in [0.3, 0.4) is 0 Å². The zero-order valence-corrected chi connectivity index (χ0v) is 30.1. The molecule has 274 valence electrons. The van der Waals surface area contributed by atoms with Gasteiger partial charge in [-0.05, 0) is 65.3 Å². The van der Waals surface area contributed by atoms with Crippen LogP contribution in [0.5, 0.6) is 0 Å². The number of hydrogen-bond donors (Lipinski definition) is 4. The number of amides is 2. The molecule has 4 aromatic rings. The first-order valence-electron chi connectivity index (χ1n) is 17.8. The molecule has 2 saturated heterocycles. The summed E-state index contributed by atoms with van der Waals surface area (Å²) in [6.45, 7) is 4.19. The lowest BCUT2D eigenvalue weighted by Gasteiger charge is -2.42. The highest BCUT2D eigenvalue weighted by Gasteiger charge is 2.37. The first-order valence-corrected chi connectivity index (χ1v) is 18.2. The molecule has 3 atom stereocenters. The van der Waals surface area contributed by atoms with E-state index in [0.29, 0.717) is 30.8 Å². The minimum atomic E-state index is -0.885. The molecule has 4 aromatic carbocycles. The fourth-order valence-electron chi connectivity index (χ4n) is 6.85. The summed E-state index contributed by atoms with van der Waals surface area (Å²) in [5, 5.41) is 27.0. The minimum absolute atomic E-state index is 0.0221. The van der Waals surface area contributed by atoms with Gasteiger partial charge >= 0.3 is 12.0 Å². The number of carbonyl (C=O) groups is 2. The Labute approximate surface area is 309 Å². The molecule has 4 N–H and O–H groups in total. The van der Waals surface area contributed by atoms with Crippen molar-refractivity contribution in [1.82, 2.24) is 15.5 Å². The Morgan fingerprint density at radius 3 is 2.29 bits per heavy atom. The van der Waals surface area contributed by atoms with Crippen molar-refractivity contribution in [1.29, 1.82) is 0 Å². The van der Waals surface area contributed by atoms with Gasteiger partial charge < -0.3 is 40.0 Å². The van der Waals surface area contributed by atoms with Crippen molar-refractivity contribution >= 4 is 23.6 Å². The van der Waals surface area contributed by atoms with Gasteiger partial charge in [-0.2, -0.15) is 0 Å². The first-order chi connectivity index (χ1) is 25.2. The van der Waals surface area contributed by atoms with Crippen LogP contribution >= 0.6 is 11.6 Å². The van der Waals surface area contributed by atoms with Gasteiger partial charge in [-0.25, -0.2) is 4.79 Å². The summed E-state index contributed by atoms with van der Waals surface area (Å²) in [7, 11) is 0. The monoisotopic (exact) mass is 727 g/mol. The van der Waals surface area contributed by atoms with Crippen molar-refractivity contribution < 1.29 is 34.0 Å². The number of urea groups is 1. The van der Waals surface area contributed by atoms with E-state index in [2.05, 4.69) is 15.5 Å². The maximum absolute atomic E-state index is 12.3. The number of carbonyl (C=O) groups excluding carboxylic acids is 2. The van der Waals surface area contributed by atoms with E-state index in [1.54, 1.807) is 6.92 Å². The summed E-state index contributed by atoms with van der Waals surface area (Å²) < 4.78 is 18.1. The van der Waals surface area contributed by atoms with Crippen LogP contribution in [0.1, 0.15) is 66.4 Å². The second-order valence-corrected chi connectivity index (χ2v) is 13.7. The zero-order chi connectivity index (χ0) is 36.5. The van der Waals surface area contributed by atoms with Gasteiger partial charge in [0.15, 0.2) is 6.29 Å². The molecular weight excluding hydrogens is 682 g/mol. The maximum Gasteiger partial charge on any atom is 0.325 e. The third kappa shape index (κ3) is 9.57. The molecule has 2 aliphatic rings. The number of aliphatic hydroxyl groups excluding tert-OH is 1. The van der Waals surface area contributed by atoms with E-state index in [4.69, 9.17) is 25.8 Å². The molecule has 10 nitrogen and oxygen atoms in total. The lowest BCUT2D eigenvalue weighted by molar-refractivity contribution is -0.253. The molecule has 0 bridgehead atoms. The maximum atomic E-state index is 12.3. The predicted molar refractivity (Wildman–Crippen MR) is 198 cm³/mol. The lowest BCUT2D eigenvalue weighted by Crippen LogP contribution is -2.46. The van der Waals surface area contributed by atoms with Crippen molar-refractivity contribution in [3.8, 4) is 11.1 Å². The predicted octanol–water partition coefficient (Wildman–Crippen LogP) is 6.39. The number of esters is 1. The molecule has 0 aliphatic carbocycles. The molecule has 0 spiro atoms. The Hall–Kier alpha value is -4.29. The van der Waals surface area contributed by atoms with Crippen molar-refractivity contribution in [2.75, 3.05) is 32.8 Å². The molecule has 2 amide bonds. The second kappa shape index (κ2) is 17.5. The highest BCUT2D eigenvalue weighted by Crippen LogP contribution is 2.40. The average Bonchev–Trinajstić information content (AvgIpc) is 3.17. The Bertz CT molecular complexity index is 1780. The Morgan fingerprint density at radius 2 is 1.60 bits per heavy atom. The number of aliphatic hydroxyl groups is 2. The summed E-state index contributed by atoms with van der Waals surface area (Å²) in [5.74, 6) is -0.490. The van der Waals surface area contributed by atoms with E-state index in [-0.39, 0.29) is 38.5 Å². The summed E-state index contributed by atoms with van der Waals surface area (Å²) >= 11 is 6.09. The van der Waals surface area contributed by atoms with Crippen molar-refractivity contribution in [2.24, 2.45) is 0 Å². The van der Waals surface area contributed by atoms with E-state index in [0.717, 1.165) is 52.0 Å². The molecule has 2 fully saturated rings. The fourth-order valence-corrected chi connectivity index (χ4v) is 6.98. The number of hydrogen-bond acceptors (Lipinski definition) is 8. The van der Waals surface area contributed by atoms with Gasteiger partial charge in [-0.3, -0.25) is 4.79 Å². The van der Waals surface area contributed by atoms with Crippen LogP contribution in [-0.4, -0.2) is 66.0 Å². The number of ether oxygens (including phenoxy) is 3. The zero-order valence-electron chi connectivity index (χ0n) is 29.3. The van der Waals surface area contributed by atoms with E-state index in [1.807, 2.05) is 97.1 Å². The number of rotatable bonds is 12. The Kier molecular flexibility index (Phi) is 12.6. The number of nitrogens with zero attached hydrogens (tertiary/aromatic N) is 1. The first kappa shape index (κ1) is 37.5. The number of piperidine rings is 1. The summed E-state index contributed by atoms with van der Waals surface area (Å²) in [6, 6.07) is 30.8. The van der Waals surface area contributed by atoms with Gasteiger partial charge in [0.05, 0.1) is 31.0 Å². The molecule has 0 saturated carbocycles. The van der Waals surface area contributed by atoms with Gasteiger partial charge in [0.25, 0.3) is 0 Å². The SMILES string of the molecule is CCOC(=O)CNC(=O)NCc1ccccc1-c1ccc(C2OC(CN3CCC(O)(c4ccc(Cl)cc4)CC3)CC(c3ccc(CO)cc3)O2)cc1. The topological polar surface area (TPSA) is 130 Å². The molecule has 11 heteroatoms. The van der Waals surface area contributed by atoms with Crippen LogP contribution < -0.4 is 10.6 Å². The van der Waals surface area contributed by atoms with Crippen molar-refractivity contribution in [3.63, 3.8) is 0 Å². The average molecular weight is 728 g/mol. The van der Waals surface area contributed by atoms with Crippen molar-refractivity contribution in [3.05, 3.63) is 130 Å². The minimum Gasteiger partial charge on any atom is -0.465 e. The fraction of sp³-hybridized carbons (Fsp3) is 0.366. The van der Waals surface area contributed by atoms with Gasteiger partial charge in [0, 0.05) is 43.2 Å². The van der Waals surface area contributed by atoms with E-state index in [1.165, 1.54) is 0 Å². The van der Waals surface area contributed by atoms with Crippen LogP contribution in [0.4, 0.5) is 4.79 Å². The largest absolute Gasteiger partial charge is 0.465 e. The highest BCUT2D eigenvalue weighted by molar-refractivity contribution is 6.30. The number of halogens is 1. The summed E-state index contributed by atoms with van der Waals surface area (Å²) in [6.07, 6.45) is 0.955. The Balaban J connectivity index is 1.13. The van der Waals surface area contributed by atoms with Crippen molar-refractivity contribution in [2.45, 2.75) is 63.4 Å². The second-order valence-electron chi connectivity index (χ2n) is 13.3. The van der Waals surface area contributed by atoms with Gasteiger partial charge in [0.2, 0.25) is 0 Å². The highest BCUT2D eigenvalue weighted by atomic mass is 35.5. The lowest BCUT2D eigenvalue weighted by atomic mass is 9.84. The molecular formula is C41H46ClN3O7. The molecule has 2 heterocycles. The van der Waals surface area contributed by atoms with Gasteiger partial charge in [-0.15, -0.1) is 0 Å². The van der Waals surface area contributed by atoms with Crippen LogP contribution in [0.25, 0.3) is 11.1 Å². The molecule has 0 radical (unpaired) electrons. The number of nitrogens with one attached hydrogen (secondary N) is 2. The molecule has 0 aromatic heterocycles.